The monoisotopic (exact) mass is 230 g/mol. The van der Waals surface area contributed by atoms with Crippen LogP contribution in [0.2, 0.25) is 0 Å². The molecule has 1 aliphatic rings. The maximum atomic E-state index is 9.36. The van der Waals surface area contributed by atoms with Crippen LogP contribution in [0.15, 0.2) is 28.8 Å². The quantitative estimate of drug-likeness (QED) is 0.857. The zero-order chi connectivity index (χ0) is 11.8. The Labute approximate surface area is 99.3 Å². The molecule has 1 aliphatic carbocycles. The minimum absolute atomic E-state index is 0.281. The Kier molecular flexibility index (Phi) is 2.44. The molecule has 0 fully saturated rings. The Hall–Kier alpha value is -1.68. The van der Waals surface area contributed by atoms with Gasteiger partial charge < -0.3 is 9.63 Å². The van der Waals surface area contributed by atoms with Crippen LogP contribution in [-0.4, -0.2) is 15.2 Å². The van der Waals surface area contributed by atoms with Gasteiger partial charge in [-0.3, -0.25) is 0 Å². The first-order valence-electron chi connectivity index (χ1n) is 5.82. The summed E-state index contributed by atoms with van der Waals surface area (Å²) in [5, 5.41) is 13.3. The maximum Gasteiger partial charge on any atom is 0.255 e. The van der Waals surface area contributed by atoms with Crippen LogP contribution in [0.25, 0.3) is 0 Å². The largest absolute Gasteiger partial charge is 0.384 e. The summed E-state index contributed by atoms with van der Waals surface area (Å²) < 4.78 is 5.03. The fourth-order valence-corrected chi connectivity index (χ4v) is 2.32. The van der Waals surface area contributed by atoms with Crippen molar-refractivity contribution in [2.75, 3.05) is 0 Å². The molecule has 1 atom stereocenters. The molecule has 0 aliphatic heterocycles. The van der Waals surface area contributed by atoms with Crippen molar-refractivity contribution in [2.45, 2.75) is 31.8 Å². The molecule has 1 unspecified atom stereocenters. The highest BCUT2D eigenvalue weighted by atomic mass is 16.5. The highest BCUT2D eigenvalue weighted by molar-refractivity contribution is 5.34. The van der Waals surface area contributed by atoms with Crippen molar-refractivity contribution >= 4 is 0 Å². The molecular formula is C13H14N2O2. The number of aliphatic hydroxyl groups excluding tert-OH is 1. The first kappa shape index (κ1) is 10.5. The summed E-state index contributed by atoms with van der Waals surface area (Å²) in [6.07, 6.45) is 1.21. The number of hydrogen-bond acceptors (Lipinski definition) is 4. The fourth-order valence-electron chi connectivity index (χ4n) is 2.32. The van der Waals surface area contributed by atoms with Crippen molar-refractivity contribution in [2.24, 2.45) is 0 Å². The molecule has 3 rings (SSSR count). The maximum absolute atomic E-state index is 9.36. The van der Waals surface area contributed by atoms with E-state index in [0.717, 1.165) is 12.8 Å². The lowest BCUT2D eigenvalue weighted by Crippen LogP contribution is -2.01. The van der Waals surface area contributed by atoms with E-state index in [1.807, 2.05) is 0 Å². The Morgan fingerprint density at radius 1 is 1.29 bits per heavy atom. The summed E-state index contributed by atoms with van der Waals surface area (Å²) in [6.45, 7) is 1.63. The first-order chi connectivity index (χ1) is 8.24. The molecular weight excluding hydrogens is 216 g/mol. The van der Waals surface area contributed by atoms with E-state index in [1.54, 1.807) is 6.92 Å². The molecule has 1 heterocycles. The number of rotatable bonds is 2. The minimum Gasteiger partial charge on any atom is -0.384 e. The third kappa shape index (κ3) is 1.85. The normalized spacial score (nSPS) is 17.1. The van der Waals surface area contributed by atoms with E-state index in [4.69, 9.17) is 4.52 Å². The van der Waals surface area contributed by atoms with Crippen LogP contribution in [0.1, 0.15) is 41.8 Å². The summed E-state index contributed by atoms with van der Waals surface area (Å²) in [5.74, 6) is 1.29. The summed E-state index contributed by atoms with van der Waals surface area (Å²) in [7, 11) is 0. The average Bonchev–Trinajstić information content (AvgIpc) is 2.95. The lowest BCUT2D eigenvalue weighted by Gasteiger charge is -2.00. The summed E-state index contributed by atoms with van der Waals surface area (Å²) >= 11 is 0. The molecule has 17 heavy (non-hydrogen) atoms. The van der Waals surface area contributed by atoms with E-state index in [-0.39, 0.29) is 5.92 Å². The highest BCUT2D eigenvalue weighted by Crippen LogP contribution is 2.32. The van der Waals surface area contributed by atoms with Gasteiger partial charge in [0.2, 0.25) is 0 Å². The molecule has 0 saturated heterocycles. The summed E-state index contributed by atoms with van der Waals surface area (Å²) in [4.78, 5) is 4.25. The number of aliphatic hydroxyl groups is 1. The van der Waals surface area contributed by atoms with Crippen molar-refractivity contribution in [1.29, 1.82) is 0 Å². The number of benzene rings is 1. The van der Waals surface area contributed by atoms with Crippen molar-refractivity contribution in [3.63, 3.8) is 0 Å². The van der Waals surface area contributed by atoms with Crippen LogP contribution in [0.5, 0.6) is 0 Å². The summed E-state index contributed by atoms with van der Waals surface area (Å²) in [5.41, 5.74) is 2.72. The predicted octanol–water partition coefficient (Wildman–Crippen LogP) is 2.01. The molecule has 1 aromatic heterocycles. The zero-order valence-corrected chi connectivity index (χ0v) is 9.63. The van der Waals surface area contributed by atoms with Crippen LogP contribution in [0, 0.1) is 0 Å². The number of fused-ring (bicyclic) bond motifs is 1. The molecule has 1 aromatic carbocycles. The molecule has 2 aromatic rings. The first-order valence-corrected chi connectivity index (χ1v) is 5.82. The van der Waals surface area contributed by atoms with Gasteiger partial charge >= 0.3 is 0 Å². The average molecular weight is 230 g/mol. The van der Waals surface area contributed by atoms with E-state index < -0.39 is 6.10 Å². The molecule has 4 heteroatoms. The van der Waals surface area contributed by atoms with Crippen LogP contribution >= 0.6 is 0 Å². The molecule has 88 valence electrons. The second-order valence-electron chi connectivity index (χ2n) is 4.54. The standard InChI is InChI=1S/C13H14N2O2/c1-8(16)13-14-12(15-17-13)11-6-9-4-2-3-5-10(9)7-11/h2-5,8,11,16H,6-7H2,1H3. The number of hydrogen-bond donors (Lipinski definition) is 1. The smallest absolute Gasteiger partial charge is 0.255 e. The van der Waals surface area contributed by atoms with Gasteiger partial charge in [0.05, 0.1) is 0 Å². The van der Waals surface area contributed by atoms with Gasteiger partial charge in [-0.25, -0.2) is 0 Å². The van der Waals surface area contributed by atoms with E-state index in [2.05, 4.69) is 34.4 Å². The van der Waals surface area contributed by atoms with Crippen LogP contribution in [0.3, 0.4) is 0 Å². The Morgan fingerprint density at radius 2 is 1.94 bits per heavy atom. The SMILES string of the molecule is CC(O)c1nc(C2Cc3ccccc3C2)no1. The van der Waals surface area contributed by atoms with Crippen LogP contribution < -0.4 is 0 Å². The van der Waals surface area contributed by atoms with E-state index in [1.165, 1.54) is 11.1 Å². The summed E-state index contributed by atoms with van der Waals surface area (Å²) in [6, 6.07) is 8.40. The van der Waals surface area contributed by atoms with Crippen LogP contribution in [-0.2, 0) is 12.8 Å². The van der Waals surface area contributed by atoms with Gasteiger partial charge in [0.25, 0.3) is 5.89 Å². The van der Waals surface area contributed by atoms with Gasteiger partial charge in [-0.05, 0) is 30.9 Å². The Morgan fingerprint density at radius 3 is 2.47 bits per heavy atom. The van der Waals surface area contributed by atoms with E-state index in [9.17, 15) is 5.11 Å². The minimum atomic E-state index is -0.694. The molecule has 0 radical (unpaired) electrons. The zero-order valence-electron chi connectivity index (χ0n) is 9.63. The molecule has 4 nitrogen and oxygen atoms in total. The molecule has 0 bridgehead atoms. The lowest BCUT2D eigenvalue weighted by molar-refractivity contribution is 0.151. The molecule has 0 saturated carbocycles. The fraction of sp³-hybridized carbons (Fsp3) is 0.385. The van der Waals surface area contributed by atoms with E-state index >= 15 is 0 Å². The van der Waals surface area contributed by atoms with E-state index in [0.29, 0.717) is 11.7 Å². The Balaban J connectivity index is 1.84. The van der Waals surface area contributed by atoms with Gasteiger partial charge in [-0.15, -0.1) is 0 Å². The number of aromatic nitrogens is 2. The topological polar surface area (TPSA) is 59.2 Å². The molecule has 1 N–H and O–H groups in total. The van der Waals surface area contributed by atoms with Gasteiger partial charge in [-0.2, -0.15) is 4.98 Å². The third-order valence-corrected chi connectivity index (χ3v) is 3.23. The number of nitrogens with zero attached hydrogens (tertiary/aromatic N) is 2. The van der Waals surface area contributed by atoms with Crippen molar-refractivity contribution in [3.05, 3.63) is 47.1 Å². The van der Waals surface area contributed by atoms with Crippen LogP contribution in [0.4, 0.5) is 0 Å². The van der Waals surface area contributed by atoms with Gasteiger partial charge in [0.15, 0.2) is 5.82 Å². The molecule has 0 spiro atoms. The third-order valence-electron chi connectivity index (χ3n) is 3.23. The molecule has 0 amide bonds. The van der Waals surface area contributed by atoms with Crippen molar-refractivity contribution in [3.8, 4) is 0 Å². The van der Waals surface area contributed by atoms with Crippen molar-refractivity contribution in [1.82, 2.24) is 10.1 Å². The van der Waals surface area contributed by atoms with Gasteiger partial charge in [0.1, 0.15) is 6.10 Å². The Bertz CT molecular complexity index is 509. The van der Waals surface area contributed by atoms with Gasteiger partial charge in [0, 0.05) is 5.92 Å². The lowest BCUT2D eigenvalue weighted by atomic mass is 10.1. The van der Waals surface area contributed by atoms with Crippen molar-refractivity contribution < 1.29 is 9.63 Å². The predicted molar refractivity (Wildman–Crippen MR) is 61.5 cm³/mol. The van der Waals surface area contributed by atoms with Gasteiger partial charge in [-0.1, -0.05) is 29.4 Å². The highest BCUT2D eigenvalue weighted by Gasteiger charge is 2.27. The second kappa shape index (κ2) is 3.96. The second-order valence-corrected chi connectivity index (χ2v) is 4.54.